The van der Waals surface area contributed by atoms with Gasteiger partial charge in [-0.25, -0.2) is 4.39 Å². The van der Waals surface area contributed by atoms with Crippen molar-refractivity contribution < 1.29 is 19.0 Å². The first-order valence-corrected chi connectivity index (χ1v) is 6.77. The van der Waals surface area contributed by atoms with Crippen molar-refractivity contribution >= 4 is 5.91 Å². The number of rotatable bonds is 6. The van der Waals surface area contributed by atoms with E-state index in [9.17, 15) is 9.18 Å². The van der Waals surface area contributed by atoms with Crippen molar-refractivity contribution in [3.8, 4) is 11.8 Å². The fraction of sp³-hybridized carbons (Fsp3) is 0.438. The van der Waals surface area contributed by atoms with Gasteiger partial charge < -0.3 is 15.2 Å². The van der Waals surface area contributed by atoms with Gasteiger partial charge in [0.05, 0.1) is 12.2 Å². The van der Waals surface area contributed by atoms with Crippen molar-refractivity contribution in [2.45, 2.75) is 25.8 Å². The molecule has 0 bridgehead atoms. The van der Waals surface area contributed by atoms with Crippen LogP contribution in [0.4, 0.5) is 4.39 Å². The highest BCUT2D eigenvalue weighted by atomic mass is 19.1. The number of aliphatic hydroxyl groups is 1. The van der Waals surface area contributed by atoms with E-state index in [4.69, 9.17) is 9.84 Å². The largest absolute Gasteiger partial charge is 0.395 e. The molecule has 5 heteroatoms. The Bertz CT molecular complexity index is 534. The van der Waals surface area contributed by atoms with Crippen LogP contribution in [0.1, 0.15) is 35.7 Å². The standard InChI is InChI=1S/C16H20FNO3/c1-12(8-10-21-2)18-16(20)14-7-6-13(15(17)11-14)5-3-4-9-19/h6-7,11-12,19H,4,8-10H2,1-2H3,(H,18,20). The zero-order valence-electron chi connectivity index (χ0n) is 12.3. The molecule has 0 heterocycles. The van der Waals surface area contributed by atoms with Crippen LogP contribution in [0.2, 0.25) is 0 Å². The predicted molar refractivity (Wildman–Crippen MR) is 78.4 cm³/mol. The summed E-state index contributed by atoms with van der Waals surface area (Å²) in [6.45, 7) is 2.35. The summed E-state index contributed by atoms with van der Waals surface area (Å²) in [5.41, 5.74) is 0.469. The van der Waals surface area contributed by atoms with Crippen molar-refractivity contribution in [3.63, 3.8) is 0 Å². The van der Waals surface area contributed by atoms with Gasteiger partial charge in [0.2, 0.25) is 0 Å². The smallest absolute Gasteiger partial charge is 0.251 e. The van der Waals surface area contributed by atoms with Gasteiger partial charge in [0, 0.05) is 31.7 Å². The Morgan fingerprint density at radius 3 is 2.90 bits per heavy atom. The van der Waals surface area contributed by atoms with E-state index in [1.807, 2.05) is 6.92 Å². The lowest BCUT2D eigenvalue weighted by atomic mass is 10.1. The molecule has 0 aliphatic heterocycles. The molecule has 1 rings (SSSR count). The molecule has 21 heavy (non-hydrogen) atoms. The zero-order valence-corrected chi connectivity index (χ0v) is 12.3. The first-order chi connectivity index (χ1) is 10.1. The molecule has 1 amide bonds. The predicted octanol–water partition coefficient (Wildman–Crippen LogP) is 1.71. The summed E-state index contributed by atoms with van der Waals surface area (Å²) < 4.78 is 18.7. The van der Waals surface area contributed by atoms with E-state index in [0.717, 1.165) is 0 Å². The van der Waals surface area contributed by atoms with Crippen LogP contribution in [-0.4, -0.2) is 37.4 Å². The molecular formula is C16H20FNO3. The first-order valence-electron chi connectivity index (χ1n) is 6.77. The third kappa shape index (κ3) is 5.94. The van der Waals surface area contributed by atoms with Crippen LogP contribution < -0.4 is 5.32 Å². The number of hydrogen-bond donors (Lipinski definition) is 2. The van der Waals surface area contributed by atoms with Crippen LogP contribution in [0.25, 0.3) is 0 Å². The van der Waals surface area contributed by atoms with Crippen molar-refractivity contribution in [2.75, 3.05) is 20.3 Å². The number of benzene rings is 1. The van der Waals surface area contributed by atoms with Gasteiger partial charge in [-0.2, -0.15) is 0 Å². The van der Waals surface area contributed by atoms with E-state index in [1.165, 1.54) is 18.2 Å². The average molecular weight is 293 g/mol. The van der Waals surface area contributed by atoms with Gasteiger partial charge in [0.25, 0.3) is 5.91 Å². The molecule has 0 aliphatic rings. The highest BCUT2D eigenvalue weighted by Gasteiger charge is 2.11. The van der Waals surface area contributed by atoms with Crippen molar-refractivity contribution in [2.24, 2.45) is 0 Å². The van der Waals surface area contributed by atoms with Gasteiger partial charge in [-0.05, 0) is 31.5 Å². The fourth-order valence-electron chi connectivity index (χ4n) is 1.65. The molecule has 1 unspecified atom stereocenters. The minimum Gasteiger partial charge on any atom is -0.395 e. The number of nitrogens with one attached hydrogen (secondary N) is 1. The molecule has 0 saturated carbocycles. The van der Waals surface area contributed by atoms with Crippen LogP contribution in [0.3, 0.4) is 0 Å². The third-order valence-corrected chi connectivity index (χ3v) is 2.82. The monoisotopic (exact) mass is 293 g/mol. The van der Waals surface area contributed by atoms with Crippen LogP contribution in [0.5, 0.6) is 0 Å². The highest BCUT2D eigenvalue weighted by molar-refractivity contribution is 5.94. The third-order valence-electron chi connectivity index (χ3n) is 2.82. The molecule has 0 fully saturated rings. The number of amides is 1. The van der Waals surface area contributed by atoms with Crippen molar-refractivity contribution in [1.29, 1.82) is 0 Å². The quantitative estimate of drug-likeness (QED) is 0.785. The summed E-state index contributed by atoms with van der Waals surface area (Å²) >= 11 is 0. The Hall–Kier alpha value is -1.90. The lowest BCUT2D eigenvalue weighted by Crippen LogP contribution is -2.33. The van der Waals surface area contributed by atoms with Crippen LogP contribution >= 0.6 is 0 Å². The maximum atomic E-state index is 13.8. The molecule has 0 aromatic heterocycles. The van der Waals surface area contributed by atoms with Crippen molar-refractivity contribution in [3.05, 3.63) is 35.1 Å². The second kappa shape index (κ2) is 9.11. The van der Waals surface area contributed by atoms with E-state index in [2.05, 4.69) is 17.2 Å². The van der Waals surface area contributed by atoms with Gasteiger partial charge in [-0.1, -0.05) is 11.8 Å². The molecule has 0 aliphatic carbocycles. The van der Waals surface area contributed by atoms with Gasteiger partial charge in [0.15, 0.2) is 0 Å². The molecular weight excluding hydrogens is 273 g/mol. The van der Waals surface area contributed by atoms with Gasteiger partial charge in [-0.3, -0.25) is 4.79 Å². The van der Waals surface area contributed by atoms with E-state index in [1.54, 1.807) is 7.11 Å². The van der Waals surface area contributed by atoms with E-state index >= 15 is 0 Å². The lowest BCUT2D eigenvalue weighted by molar-refractivity contribution is 0.0929. The highest BCUT2D eigenvalue weighted by Crippen LogP contribution is 2.10. The second-order valence-electron chi connectivity index (χ2n) is 4.63. The Morgan fingerprint density at radius 2 is 2.29 bits per heavy atom. The molecule has 1 aromatic carbocycles. The number of carbonyl (C=O) groups excluding carboxylic acids is 1. The molecule has 4 nitrogen and oxygen atoms in total. The van der Waals surface area contributed by atoms with Crippen LogP contribution in [0, 0.1) is 17.7 Å². The zero-order chi connectivity index (χ0) is 15.7. The maximum absolute atomic E-state index is 13.8. The Kier molecular flexibility index (Phi) is 7.44. The summed E-state index contributed by atoms with van der Waals surface area (Å²) in [7, 11) is 1.60. The second-order valence-corrected chi connectivity index (χ2v) is 4.63. The molecule has 1 atom stereocenters. The summed E-state index contributed by atoms with van der Waals surface area (Å²) in [5, 5.41) is 11.4. The Labute approximate surface area is 124 Å². The lowest BCUT2D eigenvalue weighted by Gasteiger charge is -2.13. The minimum atomic E-state index is -0.544. The van der Waals surface area contributed by atoms with Crippen molar-refractivity contribution in [1.82, 2.24) is 5.32 Å². The topological polar surface area (TPSA) is 58.6 Å². The molecule has 0 spiro atoms. The van der Waals surface area contributed by atoms with E-state index in [-0.39, 0.29) is 29.7 Å². The Morgan fingerprint density at radius 1 is 1.52 bits per heavy atom. The molecule has 1 aromatic rings. The summed E-state index contributed by atoms with van der Waals surface area (Å²) in [6.07, 6.45) is 0.980. The normalized spacial score (nSPS) is 11.4. The molecule has 0 radical (unpaired) electrons. The number of halogens is 1. The van der Waals surface area contributed by atoms with Crippen LogP contribution in [-0.2, 0) is 4.74 Å². The SMILES string of the molecule is COCCC(C)NC(=O)c1ccc(C#CCCO)c(F)c1. The van der Waals surface area contributed by atoms with E-state index < -0.39 is 5.82 Å². The van der Waals surface area contributed by atoms with Gasteiger partial charge in [-0.15, -0.1) is 0 Å². The summed E-state index contributed by atoms with van der Waals surface area (Å²) in [5.74, 6) is 4.39. The van der Waals surface area contributed by atoms with Crippen LogP contribution in [0.15, 0.2) is 18.2 Å². The first kappa shape index (κ1) is 17.2. The number of carbonyl (C=O) groups is 1. The number of aliphatic hydroxyl groups excluding tert-OH is 1. The minimum absolute atomic E-state index is 0.0514. The number of methoxy groups -OCH3 is 1. The maximum Gasteiger partial charge on any atom is 0.251 e. The summed E-state index contributed by atoms with van der Waals surface area (Å²) in [6, 6.07) is 4.12. The molecule has 2 N–H and O–H groups in total. The van der Waals surface area contributed by atoms with Gasteiger partial charge >= 0.3 is 0 Å². The van der Waals surface area contributed by atoms with Gasteiger partial charge in [0.1, 0.15) is 5.82 Å². The number of ether oxygens (including phenoxy) is 1. The average Bonchev–Trinajstić information content (AvgIpc) is 2.46. The molecule has 114 valence electrons. The fourth-order valence-corrected chi connectivity index (χ4v) is 1.65. The van der Waals surface area contributed by atoms with E-state index in [0.29, 0.717) is 19.4 Å². The Balaban J connectivity index is 2.70. The summed E-state index contributed by atoms with van der Waals surface area (Å²) in [4.78, 5) is 12.0. The number of hydrogen-bond acceptors (Lipinski definition) is 3. The molecule has 0 saturated heterocycles.